The number of fused-ring (bicyclic) bond motifs is 1. The summed E-state index contributed by atoms with van der Waals surface area (Å²) < 4.78 is 22.1. The zero-order valence-corrected chi connectivity index (χ0v) is 13.3. The molecule has 0 bridgehead atoms. The van der Waals surface area contributed by atoms with E-state index >= 15 is 0 Å². The monoisotopic (exact) mass is 309 g/mol. The molecule has 1 unspecified atom stereocenters. The summed E-state index contributed by atoms with van der Waals surface area (Å²) in [5.41, 5.74) is 1.29. The summed E-state index contributed by atoms with van der Waals surface area (Å²) in [6.07, 6.45) is 4.21. The van der Waals surface area contributed by atoms with Gasteiger partial charge in [-0.3, -0.25) is 4.21 Å². The molecule has 1 saturated heterocycles. The van der Waals surface area contributed by atoms with Crippen molar-refractivity contribution in [3.63, 3.8) is 0 Å². The van der Waals surface area contributed by atoms with Gasteiger partial charge in [-0.1, -0.05) is 6.07 Å². The van der Waals surface area contributed by atoms with Gasteiger partial charge >= 0.3 is 0 Å². The average Bonchev–Trinajstić information content (AvgIpc) is 2.95. The molecule has 4 nitrogen and oxygen atoms in total. The molecule has 0 radical (unpaired) electrons. The van der Waals surface area contributed by atoms with E-state index in [9.17, 15) is 4.21 Å². The highest BCUT2D eigenvalue weighted by Gasteiger charge is 2.19. The van der Waals surface area contributed by atoms with Gasteiger partial charge in [0, 0.05) is 34.4 Å². The Morgan fingerprint density at radius 3 is 2.86 bits per heavy atom. The molecule has 1 atom stereocenters. The van der Waals surface area contributed by atoms with Crippen LogP contribution in [-0.2, 0) is 17.2 Å². The number of benzene rings is 1. The molecular formula is C16H23NO3S. The van der Waals surface area contributed by atoms with E-state index in [1.807, 2.05) is 6.07 Å². The molecule has 1 aromatic rings. The van der Waals surface area contributed by atoms with E-state index in [1.54, 1.807) is 0 Å². The Balaban J connectivity index is 1.45. The van der Waals surface area contributed by atoms with Crippen LogP contribution in [0.3, 0.4) is 0 Å². The molecule has 0 aliphatic carbocycles. The van der Waals surface area contributed by atoms with Gasteiger partial charge in [-0.05, 0) is 50.3 Å². The van der Waals surface area contributed by atoms with Crippen LogP contribution in [0, 0.1) is 0 Å². The molecule has 0 saturated carbocycles. The number of nitrogens with one attached hydrogen (secondary N) is 1. The summed E-state index contributed by atoms with van der Waals surface area (Å²) in [6, 6.07) is 7.20. The zero-order valence-electron chi connectivity index (χ0n) is 12.5. The van der Waals surface area contributed by atoms with Crippen LogP contribution in [-0.4, -0.2) is 34.6 Å². The third kappa shape index (κ3) is 3.98. The third-order valence-corrected chi connectivity index (χ3v) is 5.59. The fourth-order valence-corrected chi connectivity index (χ4v) is 4.22. The van der Waals surface area contributed by atoms with Crippen LogP contribution in [0.5, 0.6) is 11.5 Å². The van der Waals surface area contributed by atoms with Crippen molar-refractivity contribution in [3.05, 3.63) is 23.8 Å². The van der Waals surface area contributed by atoms with Crippen molar-refractivity contribution < 1.29 is 13.7 Å². The van der Waals surface area contributed by atoms with Gasteiger partial charge in [0.1, 0.15) is 0 Å². The van der Waals surface area contributed by atoms with Gasteiger partial charge in [-0.25, -0.2) is 0 Å². The summed E-state index contributed by atoms with van der Waals surface area (Å²) in [5, 5.41) is 3.67. The van der Waals surface area contributed by atoms with E-state index in [0.29, 0.717) is 18.9 Å². The van der Waals surface area contributed by atoms with Crippen LogP contribution in [0.15, 0.2) is 18.2 Å². The maximum absolute atomic E-state index is 11.4. The first-order valence-corrected chi connectivity index (χ1v) is 9.19. The Morgan fingerprint density at radius 1 is 1.29 bits per heavy atom. The van der Waals surface area contributed by atoms with E-state index in [4.69, 9.17) is 9.47 Å². The van der Waals surface area contributed by atoms with E-state index < -0.39 is 10.8 Å². The van der Waals surface area contributed by atoms with E-state index in [0.717, 1.165) is 48.7 Å². The summed E-state index contributed by atoms with van der Waals surface area (Å²) in [4.78, 5) is 0. The predicted molar refractivity (Wildman–Crippen MR) is 84.4 cm³/mol. The molecule has 1 fully saturated rings. The molecular weight excluding hydrogens is 286 g/mol. The second-order valence-electron chi connectivity index (χ2n) is 5.92. The molecule has 0 amide bonds. The average molecular weight is 309 g/mol. The first-order valence-electron chi connectivity index (χ1n) is 7.70. The Hall–Kier alpha value is -1.07. The van der Waals surface area contributed by atoms with Gasteiger partial charge in [0.05, 0.1) is 0 Å². The van der Waals surface area contributed by atoms with E-state index in [2.05, 4.69) is 24.4 Å². The van der Waals surface area contributed by atoms with Crippen LogP contribution in [0.25, 0.3) is 0 Å². The number of hydrogen-bond donors (Lipinski definition) is 1. The molecule has 1 N–H and O–H groups in total. The minimum atomic E-state index is -0.575. The van der Waals surface area contributed by atoms with Gasteiger partial charge in [0.2, 0.25) is 6.79 Å². The Kier molecular flexibility index (Phi) is 4.80. The van der Waals surface area contributed by atoms with E-state index in [1.165, 1.54) is 5.56 Å². The summed E-state index contributed by atoms with van der Waals surface area (Å²) in [6.45, 7) is 2.57. The van der Waals surface area contributed by atoms with Crippen LogP contribution in [0.4, 0.5) is 0 Å². The van der Waals surface area contributed by atoms with Crippen molar-refractivity contribution in [2.45, 2.75) is 44.7 Å². The molecule has 3 rings (SSSR count). The Labute approximate surface area is 128 Å². The molecule has 116 valence electrons. The van der Waals surface area contributed by atoms with Gasteiger partial charge in [-0.2, -0.15) is 0 Å². The molecule has 1 aromatic carbocycles. The summed E-state index contributed by atoms with van der Waals surface area (Å²) in [7, 11) is -0.575. The van der Waals surface area contributed by atoms with Crippen molar-refractivity contribution >= 4 is 10.8 Å². The summed E-state index contributed by atoms with van der Waals surface area (Å²) >= 11 is 0. The predicted octanol–water partition coefficient (Wildman–Crippen LogP) is 2.24. The zero-order chi connectivity index (χ0) is 14.7. The Morgan fingerprint density at radius 2 is 2.05 bits per heavy atom. The van der Waals surface area contributed by atoms with Crippen LogP contribution in [0.2, 0.25) is 0 Å². The van der Waals surface area contributed by atoms with Gasteiger partial charge in [-0.15, -0.1) is 0 Å². The largest absolute Gasteiger partial charge is 0.454 e. The van der Waals surface area contributed by atoms with Crippen LogP contribution < -0.4 is 14.8 Å². The second kappa shape index (κ2) is 6.79. The lowest BCUT2D eigenvalue weighted by Gasteiger charge is -2.26. The van der Waals surface area contributed by atoms with Crippen molar-refractivity contribution in [2.75, 3.05) is 18.3 Å². The fourth-order valence-electron chi connectivity index (χ4n) is 2.93. The highest BCUT2D eigenvalue weighted by Crippen LogP contribution is 2.32. The smallest absolute Gasteiger partial charge is 0.231 e. The molecule has 0 aromatic heterocycles. The molecule has 0 spiro atoms. The third-order valence-electron chi connectivity index (χ3n) is 4.21. The van der Waals surface area contributed by atoms with Gasteiger partial charge in [0.25, 0.3) is 0 Å². The second-order valence-corrected chi connectivity index (χ2v) is 7.61. The number of hydrogen-bond acceptors (Lipinski definition) is 4. The minimum absolute atomic E-state index is 0.333. The van der Waals surface area contributed by atoms with Gasteiger partial charge in [0.15, 0.2) is 11.5 Å². The number of rotatable bonds is 5. The van der Waals surface area contributed by atoms with Crippen LogP contribution >= 0.6 is 0 Å². The molecule has 5 heteroatoms. The standard InChI is InChI=1S/C16H23NO3S/c1-12(17-14-6-8-21(18)9-7-14)2-3-13-4-5-15-16(10-13)20-11-19-15/h4-5,10,12,14,17H,2-3,6-9,11H2,1H3. The van der Waals surface area contributed by atoms with Crippen molar-refractivity contribution in [2.24, 2.45) is 0 Å². The van der Waals surface area contributed by atoms with Crippen molar-refractivity contribution in [3.8, 4) is 11.5 Å². The molecule has 21 heavy (non-hydrogen) atoms. The minimum Gasteiger partial charge on any atom is -0.454 e. The SMILES string of the molecule is CC(CCc1ccc2c(c1)OCO2)NC1CCS(=O)CC1. The van der Waals surface area contributed by atoms with Crippen molar-refractivity contribution in [1.29, 1.82) is 0 Å². The lowest BCUT2D eigenvalue weighted by Crippen LogP contribution is -2.41. The maximum Gasteiger partial charge on any atom is 0.231 e. The molecule has 2 aliphatic rings. The van der Waals surface area contributed by atoms with Gasteiger partial charge < -0.3 is 14.8 Å². The normalized spacial score (nSPS) is 25.8. The number of ether oxygens (including phenoxy) is 2. The topological polar surface area (TPSA) is 47.6 Å². The maximum atomic E-state index is 11.4. The Bertz CT molecular complexity index is 510. The summed E-state index contributed by atoms with van der Waals surface area (Å²) in [5.74, 6) is 3.42. The lowest BCUT2D eigenvalue weighted by molar-refractivity contribution is 0.174. The first kappa shape index (κ1) is 14.9. The number of aryl methyl sites for hydroxylation is 1. The highest BCUT2D eigenvalue weighted by atomic mass is 32.2. The first-order chi connectivity index (χ1) is 10.2. The van der Waals surface area contributed by atoms with Crippen molar-refractivity contribution in [1.82, 2.24) is 5.32 Å². The fraction of sp³-hybridized carbons (Fsp3) is 0.625. The lowest BCUT2D eigenvalue weighted by atomic mass is 10.0. The molecule has 2 aliphatic heterocycles. The quantitative estimate of drug-likeness (QED) is 0.906. The highest BCUT2D eigenvalue weighted by molar-refractivity contribution is 7.85. The molecule has 2 heterocycles. The van der Waals surface area contributed by atoms with E-state index in [-0.39, 0.29) is 0 Å². The van der Waals surface area contributed by atoms with Crippen LogP contribution in [0.1, 0.15) is 31.7 Å².